The van der Waals surface area contributed by atoms with Crippen LogP contribution in [0, 0.1) is 0 Å². The minimum absolute atomic E-state index is 0.0144. The van der Waals surface area contributed by atoms with Crippen molar-refractivity contribution in [1.82, 2.24) is 9.80 Å². The van der Waals surface area contributed by atoms with Crippen molar-refractivity contribution >= 4 is 12.1 Å². The maximum Gasteiger partial charge on any atom is 0.408 e. The summed E-state index contributed by atoms with van der Waals surface area (Å²) in [6, 6.07) is -1.29. The fourth-order valence-electron chi connectivity index (χ4n) is 2.04. The van der Waals surface area contributed by atoms with Crippen LogP contribution in [0.1, 0.15) is 6.42 Å². The van der Waals surface area contributed by atoms with E-state index in [2.05, 4.69) is 0 Å². The predicted octanol–water partition coefficient (Wildman–Crippen LogP) is 0.0932. The molecule has 0 spiro atoms. The van der Waals surface area contributed by atoms with E-state index in [-0.39, 0.29) is 13.0 Å². The van der Waals surface area contributed by atoms with Crippen LogP contribution in [0.3, 0.4) is 0 Å². The number of aliphatic carboxylic acids is 1. The molecule has 0 saturated carbocycles. The Morgan fingerprint density at radius 2 is 2.06 bits per heavy atom. The van der Waals surface area contributed by atoms with Gasteiger partial charge in [0.25, 0.3) is 0 Å². The summed E-state index contributed by atoms with van der Waals surface area (Å²) in [4.78, 5) is 23.8. The van der Waals surface area contributed by atoms with Gasteiger partial charge in [-0.2, -0.15) is 0 Å². The van der Waals surface area contributed by atoms with Crippen LogP contribution < -0.4 is 0 Å². The Hall–Kier alpha value is -1.37. The second kappa shape index (κ2) is 4.25. The Morgan fingerprint density at radius 3 is 2.38 bits per heavy atom. The van der Waals surface area contributed by atoms with Gasteiger partial charge in [0, 0.05) is 13.0 Å². The summed E-state index contributed by atoms with van der Waals surface area (Å²) in [6.45, 7) is -0.377. The topological polar surface area (TPSA) is 81.1 Å². The summed E-state index contributed by atoms with van der Waals surface area (Å²) >= 11 is 0. The quantitative estimate of drug-likeness (QED) is 0.723. The normalized spacial score (nSPS) is 29.8. The molecule has 16 heavy (non-hydrogen) atoms. The molecular formula is C9H15FN2O4. The first kappa shape index (κ1) is 12.7. The fraction of sp³-hybridized carbons (Fsp3) is 0.778. The van der Waals surface area contributed by atoms with E-state index in [0.29, 0.717) is 4.90 Å². The smallest absolute Gasteiger partial charge is 0.408 e. The first-order chi connectivity index (χ1) is 7.25. The highest BCUT2D eigenvalue weighted by Crippen LogP contribution is 2.31. The summed E-state index contributed by atoms with van der Waals surface area (Å²) < 4.78 is 14.2. The zero-order valence-corrected chi connectivity index (χ0v) is 9.18. The summed E-state index contributed by atoms with van der Waals surface area (Å²) in [5, 5.41) is 17.6. The van der Waals surface area contributed by atoms with Gasteiger partial charge in [-0.25, -0.2) is 14.0 Å². The number of hydrogen-bond acceptors (Lipinski definition) is 3. The average Bonchev–Trinajstić information content (AvgIpc) is 2.41. The molecule has 0 aromatic carbocycles. The Bertz CT molecular complexity index is 286. The minimum Gasteiger partial charge on any atom is -0.480 e. The number of carboxylic acids is 1. The molecule has 1 saturated heterocycles. The number of halogens is 1. The molecule has 0 radical (unpaired) electrons. The molecule has 1 fully saturated rings. The van der Waals surface area contributed by atoms with Gasteiger partial charge in [-0.3, -0.25) is 4.90 Å². The van der Waals surface area contributed by atoms with E-state index in [0.717, 1.165) is 0 Å². The van der Waals surface area contributed by atoms with Gasteiger partial charge in [-0.05, 0) is 14.1 Å². The van der Waals surface area contributed by atoms with Gasteiger partial charge in [0.1, 0.15) is 11.7 Å². The van der Waals surface area contributed by atoms with E-state index in [4.69, 9.17) is 10.2 Å². The lowest BCUT2D eigenvalue weighted by Gasteiger charge is -2.23. The van der Waals surface area contributed by atoms with Crippen molar-refractivity contribution in [3.05, 3.63) is 0 Å². The Kier molecular flexibility index (Phi) is 3.37. The molecular weight excluding hydrogens is 219 g/mol. The largest absolute Gasteiger partial charge is 0.480 e. The van der Waals surface area contributed by atoms with Crippen molar-refractivity contribution in [1.29, 1.82) is 0 Å². The third-order valence-electron chi connectivity index (χ3n) is 2.52. The van der Waals surface area contributed by atoms with Gasteiger partial charge in [0.2, 0.25) is 0 Å². The standard InChI is InChI=1S/C9H15FN2O4/c1-11(2)4-9(10)3-6(7(13)14)12(5-9)8(15)16/h6H,3-5H2,1-2H3,(H,13,14)(H,15,16). The van der Waals surface area contributed by atoms with Crippen LogP contribution in [-0.2, 0) is 4.79 Å². The molecule has 1 aliphatic rings. The Morgan fingerprint density at radius 1 is 1.50 bits per heavy atom. The van der Waals surface area contributed by atoms with E-state index in [9.17, 15) is 14.0 Å². The highest BCUT2D eigenvalue weighted by atomic mass is 19.1. The number of carboxylic acid groups (broad SMARTS) is 2. The molecule has 2 unspecified atom stereocenters. The van der Waals surface area contributed by atoms with Crippen LogP contribution in [0.15, 0.2) is 0 Å². The van der Waals surface area contributed by atoms with Crippen LogP contribution in [0.5, 0.6) is 0 Å². The van der Waals surface area contributed by atoms with Crippen LogP contribution in [-0.4, -0.2) is 71.0 Å². The van der Waals surface area contributed by atoms with Gasteiger partial charge in [-0.15, -0.1) is 0 Å². The number of nitrogens with zero attached hydrogens (tertiary/aromatic N) is 2. The zero-order valence-electron chi connectivity index (χ0n) is 9.18. The van der Waals surface area contributed by atoms with Crippen molar-refractivity contribution in [3.63, 3.8) is 0 Å². The van der Waals surface area contributed by atoms with E-state index < -0.39 is 30.3 Å². The molecule has 0 aliphatic carbocycles. The second-order valence-corrected chi connectivity index (χ2v) is 4.36. The molecule has 0 bridgehead atoms. The number of alkyl halides is 1. The molecule has 6 nitrogen and oxygen atoms in total. The van der Waals surface area contributed by atoms with Crippen molar-refractivity contribution in [2.24, 2.45) is 0 Å². The van der Waals surface area contributed by atoms with Gasteiger partial charge >= 0.3 is 12.1 Å². The van der Waals surface area contributed by atoms with Crippen LogP contribution in [0.4, 0.5) is 9.18 Å². The molecule has 2 N–H and O–H groups in total. The number of rotatable bonds is 3. The Balaban J connectivity index is 2.83. The van der Waals surface area contributed by atoms with Crippen LogP contribution in [0.25, 0.3) is 0 Å². The molecule has 1 heterocycles. The molecule has 7 heteroatoms. The predicted molar refractivity (Wildman–Crippen MR) is 53.2 cm³/mol. The van der Waals surface area contributed by atoms with Gasteiger partial charge in [0.05, 0.1) is 6.54 Å². The molecule has 0 aromatic heterocycles. The first-order valence-electron chi connectivity index (χ1n) is 4.81. The molecule has 1 rings (SSSR count). The average molecular weight is 234 g/mol. The molecule has 0 aromatic rings. The lowest BCUT2D eigenvalue weighted by Crippen LogP contribution is -2.41. The van der Waals surface area contributed by atoms with E-state index in [1.807, 2.05) is 0 Å². The number of hydrogen-bond donors (Lipinski definition) is 2. The number of likely N-dealkylation sites (tertiary alicyclic amines) is 1. The van der Waals surface area contributed by atoms with Crippen LogP contribution >= 0.6 is 0 Å². The maximum absolute atomic E-state index is 14.2. The van der Waals surface area contributed by atoms with Crippen molar-refractivity contribution in [2.75, 3.05) is 27.2 Å². The number of carbonyl (C=O) groups is 2. The summed E-state index contributed by atoms with van der Waals surface area (Å²) in [6.07, 6.45) is -1.70. The highest BCUT2D eigenvalue weighted by Gasteiger charge is 2.49. The molecule has 2 atom stereocenters. The first-order valence-corrected chi connectivity index (χ1v) is 4.81. The van der Waals surface area contributed by atoms with E-state index >= 15 is 0 Å². The SMILES string of the molecule is CN(C)CC1(F)CC(C(=O)O)N(C(=O)O)C1. The zero-order chi connectivity index (χ0) is 12.5. The molecule has 1 aliphatic heterocycles. The van der Waals surface area contributed by atoms with Crippen molar-refractivity contribution in [2.45, 2.75) is 18.1 Å². The highest BCUT2D eigenvalue weighted by molar-refractivity contribution is 5.80. The lowest BCUT2D eigenvalue weighted by atomic mass is 10.0. The summed E-state index contributed by atoms with van der Waals surface area (Å²) in [7, 11) is 3.31. The van der Waals surface area contributed by atoms with Gasteiger partial charge in [0.15, 0.2) is 0 Å². The van der Waals surface area contributed by atoms with Gasteiger partial charge < -0.3 is 15.1 Å². The van der Waals surface area contributed by atoms with Crippen molar-refractivity contribution < 1.29 is 24.2 Å². The Labute approximate surface area is 92.2 Å². The van der Waals surface area contributed by atoms with E-state index in [1.54, 1.807) is 19.0 Å². The van der Waals surface area contributed by atoms with Gasteiger partial charge in [-0.1, -0.05) is 0 Å². The third-order valence-corrected chi connectivity index (χ3v) is 2.52. The maximum atomic E-state index is 14.2. The lowest BCUT2D eigenvalue weighted by molar-refractivity contribution is -0.141. The van der Waals surface area contributed by atoms with E-state index in [1.165, 1.54) is 0 Å². The third kappa shape index (κ3) is 2.60. The number of amides is 1. The molecule has 1 amide bonds. The monoisotopic (exact) mass is 234 g/mol. The summed E-state index contributed by atoms with van der Waals surface area (Å²) in [5.74, 6) is -1.30. The molecule has 92 valence electrons. The fourth-order valence-corrected chi connectivity index (χ4v) is 2.04. The summed E-state index contributed by atoms with van der Waals surface area (Å²) in [5.41, 5.74) is -1.79. The van der Waals surface area contributed by atoms with Crippen LogP contribution in [0.2, 0.25) is 0 Å². The second-order valence-electron chi connectivity index (χ2n) is 4.36. The minimum atomic E-state index is -1.79. The van der Waals surface area contributed by atoms with Crippen molar-refractivity contribution in [3.8, 4) is 0 Å².